The Morgan fingerprint density at radius 3 is 2.34 bits per heavy atom. The van der Waals surface area contributed by atoms with E-state index in [0.717, 1.165) is 18.8 Å². The fraction of sp³-hybridized carbons (Fsp3) is 0.500. The van der Waals surface area contributed by atoms with Gasteiger partial charge >= 0.3 is 0 Å². The zero-order valence-electron chi connectivity index (χ0n) is 22.3. The van der Waals surface area contributed by atoms with Gasteiger partial charge in [-0.05, 0) is 80.6 Å². The van der Waals surface area contributed by atoms with E-state index in [4.69, 9.17) is 16.0 Å². The van der Waals surface area contributed by atoms with Crippen molar-refractivity contribution in [3.63, 3.8) is 0 Å². The summed E-state index contributed by atoms with van der Waals surface area (Å²) in [6.07, 6.45) is 0.898. The molecule has 4 rings (SSSR count). The second kappa shape index (κ2) is 11.6. The maximum Gasteiger partial charge on any atom is 0.290 e. The van der Waals surface area contributed by atoms with Crippen LogP contribution < -0.4 is 10.2 Å². The number of furan rings is 1. The smallest absolute Gasteiger partial charge is 0.290 e. The van der Waals surface area contributed by atoms with Gasteiger partial charge in [-0.25, -0.2) is 0 Å². The zero-order valence-corrected chi connectivity index (χ0v) is 23.0. The van der Waals surface area contributed by atoms with Crippen molar-refractivity contribution < 1.29 is 23.6 Å². The Morgan fingerprint density at radius 2 is 1.76 bits per heavy atom. The number of nitrogens with zero attached hydrogens (tertiary/aromatic N) is 3. The number of hydrogen-bond acceptors (Lipinski definition) is 6. The molecule has 38 heavy (non-hydrogen) atoms. The van der Waals surface area contributed by atoms with E-state index in [-0.39, 0.29) is 41.0 Å². The molecular formula is C28H35ClN4O5. The molecule has 10 heteroatoms. The highest BCUT2D eigenvalue weighted by molar-refractivity contribution is 6.29. The summed E-state index contributed by atoms with van der Waals surface area (Å²) in [5, 5.41) is 3.00. The van der Waals surface area contributed by atoms with Gasteiger partial charge in [0.15, 0.2) is 16.8 Å². The Kier molecular flexibility index (Phi) is 8.45. The second-order valence-electron chi connectivity index (χ2n) is 10.2. The first kappa shape index (κ1) is 27.7. The minimum absolute atomic E-state index is 0.0604. The molecule has 1 N–H and O–H groups in total. The minimum Gasteiger partial charge on any atom is -0.440 e. The fourth-order valence-electron chi connectivity index (χ4n) is 5.46. The van der Waals surface area contributed by atoms with E-state index >= 15 is 0 Å². The molecule has 2 aliphatic rings. The van der Waals surface area contributed by atoms with Crippen LogP contribution >= 0.6 is 11.6 Å². The summed E-state index contributed by atoms with van der Waals surface area (Å²) in [5.74, 6) is -1.07. The second-order valence-corrected chi connectivity index (χ2v) is 10.6. The van der Waals surface area contributed by atoms with Crippen molar-refractivity contribution in [3.05, 3.63) is 52.9 Å². The number of anilines is 1. The van der Waals surface area contributed by atoms with Crippen LogP contribution in [-0.4, -0.2) is 77.6 Å². The summed E-state index contributed by atoms with van der Waals surface area (Å²) >= 11 is 5.82. The van der Waals surface area contributed by atoms with E-state index in [1.807, 2.05) is 26.0 Å². The standard InChI is InChI=1S/C28H35ClN4O5/c1-5-31(6-2)19-9-7-18(8-10-19)26(35)30-20(15-17(3)4)27(36)32-14-13-21-25(32)22(34)16-33(21)28(37)23-11-12-24(29)38-23/h7-12,17,20-21,25H,5-6,13-16H2,1-4H3,(H,30,35). The lowest BCUT2D eigenvalue weighted by molar-refractivity contribution is -0.138. The van der Waals surface area contributed by atoms with Crippen LogP contribution in [0, 0.1) is 5.92 Å². The van der Waals surface area contributed by atoms with Crippen LogP contribution in [0.4, 0.5) is 5.69 Å². The summed E-state index contributed by atoms with van der Waals surface area (Å²) < 4.78 is 5.25. The maximum atomic E-state index is 13.7. The number of ketones is 1. The molecule has 3 amide bonds. The minimum atomic E-state index is -0.787. The summed E-state index contributed by atoms with van der Waals surface area (Å²) in [6, 6.07) is 8.32. The molecule has 3 unspecified atom stereocenters. The molecule has 2 fully saturated rings. The van der Waals surface area contributed by atoms with E-state index in [9.17, 15) is 19.2 Å². The van der Waals surface area contributed by atoms with E-state index in [0.29, 0.717) is 24.9 Å². The molecule has 0 bridgehead atoms. The van der Waals surface area contributed by atoms with E-state index < -0.39 is 24.0 Å². The molecule has 3 atom stereocenters. The molecule has 0 spiro atoms. The molecule has 2 aromatic rings. The lowest BCUT2D eigenvalue weighted by Crippen LogP contribution is -2.53. The van der Waals surface area contributed by atoms with Gasteiger partial charge in [-0.2, -0.15) is 0 Å². The average Bonchev–Trinajstić information content (AvgIpc) is 3.60. The van der Waals surface area contributed by atoms with Crippen LogP contribution in [0.3, 0.4) is 0 Å². The molecule has 2 aliphatic heterocycles. The van der Waals surface area contributed by atoms with Gasteiger partial charge in [0.1, 0.15) is 12.1 Å². The molecule has 1 aromatic heterocycles. The Labute approximate surface area is 228 Å². The Morgan fingerprint density at radius 1 is 1.08 bits per heavy atom. The third-order valence-corrected chi connectivity index (χ3v) is 7.52. The first-order valence-corrected chi connectivity index (χ1v) is 13.6. The highest BCUT2D eigenvalue weighted by Gasteiger charge is 2.52. The van der Waals surface area contributed by atoms with Crippen molar-refractivity contribution in [1.29, 1.82) is 0 Å². The topological polar surface area (TPSA) is 103 Å². The maximum absolute atomic E-state index is 13.7. The monoisotopic (exact) mass is 542 g/mol. The molecule has 0 radical (unpaired) electrons. The number of hydrogen-bond donors (Lipinski definition) is 1. The summed E-state index contributed by atoms with van der Waals surface area (Å²) in [4.78, 5) is 58.0. The lowest BCUT2D eigenvalue weighted by Gasteiger charge is -2.29. The number of nitrogens with one attached hydrogen (secondary N) is 1. The first-order chi connectivity index (χ1) is 18.1. The number of Topliss-reactive ketones (excluding diaryl/α,β-unsaturated/α-hetero) is 1. The normalized spacial score (nSPS) is 19.6. The van der Waals surface area contributed by atoms with Crippen molar-refractivity contribution >= 4 is 40.8 Å². The average molecular weight is 543 g/mol. The zero-order chi connectivity index (χ0) is 27.6. The highest BCUT2D eigenvalue weighted by atomic mass is 35.5. The summed E-state index contributed by atoms with van der Waals surface area (Å²) in [7, 11) is 0. The van der Waals surface area contributed by atoms with Crippen LogP contribution in [0.1, 0.15) is 61.4 Å². The number of fused-ring (bicyclic) bond motifs is 1. The van der Waals surface area contributed by atoms with Gasteiger partial charge < -0.3 is 24.4 Å². The third-order valence-electron chi connectivity index (χ3n) is 7.32. The Balaban J connectivity index is 1.48. The quantitative estimate of drug-likeness (QED) is 0.519. The van der Waals surface area contributed by atoms with Crippen LogP contribution in [0.15, 0.2) is 40.8 Å². The van der Waals surface area contributed by atoms with Gasteiger partial charge in [-0.1, -0.05) is 13.8 Å². The van der Waals surface area contributed by atoms with E-state index in [2.05, 4.69) is 24.1 Å². The van der Waals surface area contributed by atoms with Crippen molar-refractivity contribution in [2.75, 3.05) is 31.1 Å². The number of rotatable bonds is 9. The largest absolute Gasteiger partial charge is 0.440 e. The molecule has 9 nitrogen and oxygen atoms in total. The lowest BCUT2D eigenvalue weighted by atomic mass is 10.0. The van der Waals surface area contributed by atoms with E-state index in [1.54, 1.807) is 12.1 Å². The molecule has 3 heterocycles. The number of carbonyl (C=O) groups is 4. The van der Waals surface area contributed by atoms with Gasteiger partial charge in [0.25, 0.3) is 11.8 Å². The van der Waals surface area contributed by atoms with Gasteiger partial charge in [0.2, 0.25) is 5.91 Å². The summed E-state index contributed by atoms with van der Waals surface area (Å²) in [6.45, 7) is 10.1. The van der Waals surface area contributed by atoms with E-state index in [1.165, 1.54) is 21.9 Å². The molecule has 0 saturated carbocycles. The van der Waals surface area contributed by atoms with Gasteiger partial charge in [-0.15, -0.1) is 0 Å². The number of benzene rings is 1. The first-order valence-electron chi connectivity index (χ1n) is 13.2. The molecular weight excluding hydrogens is 508 g/mol. The SMILES string of the molecule is CCN(CC)c1ccc(C(=O)NC(CC(C)C)C(=O)N2CCC3C2C(=O)CN3C(=O)c2ccc(Cl)o2)cc1. The van der Waals surface area contributed by atoms with Crippen molar-refractivity contribution in [1.82, 2.24) is 15.1 Å². The number of likely N-dealkylation sites (tertiary alicyclic amines) is 2. The van der Waals surface area contributed by atoms with Gasteiger partial charge in [0, 0.05) is 30.9 Å². The van der Waals surface area contributed by atoms with Crippen molar-refractivity contribution in [2.45, 2.75) is 58.7 Å². The molecule has 204 valence electrons. The highest BCUT2D eigenvalue weighted by Crippen LogP contribution is 2.32. The predicted octanol–water partition coefficient (Wildman–Crippen LogP) is 3.62. The Bertz CT molecular complexity index is 1190. The van der Waals surface area contributed by atoms with Gasteiger partial charge in [-0.3, -0.25) is 19.2 Å². The molecule has 1 aromatic carbocycles. The third kappa shape index (κ3) is 5.57. The number of carbonyl (C=O) groups excluding carboxylic acids is 4. The number of halogens is 1. The van der Waals surface area contributed by atoms with Crippen LogP contribution in [0.25, 0.3) is 0 Å². The van der Waals surface area contributed by atoms with Crippen LogP contribution in [-0.2, 0) is 9.59 Å². The number of amides is 3. The van der Waals surface area contributed by atoms with Crippen molar-refractivity contribution in [3.8, 4) is 0 Å². The van der Waals surface area contributed by atoms with Crippen molar-refractivity contribution in [2.24, 2.45) is 5.92 Å². The van der Waals surface area contributed by atoms with Crippen LogP contribution in [0.5, 0.6) is 0 Å². The molecule has 2 saturated heterocycles. The fourth-order valence-corrected chi connectivity index (χ4v) is 5.60. The van der Waals surface area contributed by atoms with Crippen LogP contribution in [0.2, 0.25) is 5.22 Å². The van der Waals surface area contributed by atoms with Gasteiger partial charge in [0.05, 0.1) is 12.6 Å². The molecule has 0 aliphatic carbocycles. The summed E-state index contributed by atoms with van der Waals surface area (Å²) in [5.41, 5.74) is 1.49. The predicted molar refractivity (Wildman–Crippen MR) is 144 cm³/mol. The Hall–Kier alpha value is -3.33.